The number of nitrogens with one attached hydrogen (secondary N) is 1. The number of benzene rings is 3. The predicted molar refractivity (Wildman–Crippen MR) is 154 cm³/mol. The molecule has 0 bridgehead atoms. The van der Waals surface area contributed by atoms with Crippen molar-refractivity contribution in [1.82, 2.24) is 4.90 Å². The highest BCUT2D eigenvalue weighted by molar-refractivity contribution is 14.1. The summed E-state index contributed by atoms with van der Waals surface area (Å²) >= 11 is 8.91. The van der Waals surface area contributed by atoms with Crippen molar-refractivity contribution in [2.45, 2.75) is 13.5 Å². The highest BCUT2D eigenvalue weighted by atomic mass is 127. The van der Waals surface area contributed by atoms with Crippen LogP contribution in [0.4, 0.5) is 10.5 Å². The van der Waals surface area contributed by atoms with Crippen LogP contribution >= 0.6 is 46.0 Å². The number of halogens is 2. The number of hydrogen-bond donors (Lipinski definition) is 1. The zero-order valence-corrected chi connectivity index (χ0v) is 23.4. The van der Waals surface area contributed by atoms with Crippen molar-refractivity contribution in [3.8, 4) is 11.5 Å². The van der Waals surface area contributed by atoms with Crippen LogP contribution in [-0.4, -0.2) is 35.2 Å². The van der Waals surface area contributed by atoms with Gasteiger partial charge in [0.05, 0.1) is 21.6 Å². The largest absolute Gasteiger partial charge is 0.490 e. The van der Waals surface area contributed by atoms with Crippen molar-refractivity contribution in [2.75, 3.05) is 18.5 Å². The first-order valence-corrected chi connectivity index (χ1v) is 13.5. The Morgan fingerprint density at radius 3 is 2.51 bits per heavy atom. The molecular weight excluding hydrogens is 627 g/mol. The van der Waals surface area contributed by atoms with Gasteiger partial charge in [-0.25, -0.2) is 0 Å². The maximum Gasteiger partial charge on any atom is 0.293 e. The number of ether oxygens (including phenoxy) is 2. The lowest BCUT2D eigenvalue weighted by Gasteiger charge is -2.15. The van der Waals surface area contributed by atoms with E-state index in [1.807, 2.05) is 25.1 Å². The van der Waals surface area contributed by atoms with E-state index in [9.17, 15) is 14.4 Å². The molecule has 4 rings (SSSR count). The fourth-order valence-corrected chi connectivity index (χ4v) is 5.24. The highest BCUT2D eigenvalue weighted by Crippen LogP contribution is 2.38. The molecule has 1 fully saturated rings. The second-order valence-corrected chi connectivity index (χ2v) is 10.5. The standard InChI is InChI=1S/C27H22ClIN2O5S/c1-2-35-22-13-18(12-21(29)25(22)36-16-24(32)30-20-6-4-3-5-7-20)14-23-26(33)31(27(34)37-23)15-17-8-10-19(28)11-9-17/h3-14H,2,15-16H2,1H3,(H,30,32)/b23-14-. The molecular formula is C27H22ClIN2O5S. The summed E-state index contributed by atoms with van der Waals surface area (Å²) in [5.74, 6) is 0.200. The van der Waals surface area contributed by atoms with Crippen LogP contribution in [-0.2, 0) is 16.1 Å². The number of carbonyl (C=O) groups excluding carboxylic acids is 3. The molecule has 1 saturated heterocycles. The first-order chi connectivity index (χ1) is 17.8. The van der Waals surface area contributed by atoms with E-state index in [1.165, 1.54) is 4.90 Å². The minimum absolute atomic E-state index is 0.165. The molecule has 0 radical (unpaired) electrons. The minimum atomic E-state index is -0.365. The first kappa shape index (κ1) is 27.0. The highest BCUT2D eigenvalue weighted by Gasteiger charge is 2.35. The summed E-state index contributed by atoms with van der Waals surface area (Å²) in [7, 11) is 0. The number of carbonyl (C=O) groups is 3. The Labute approximate surface area is 237 Å². The fraction of sp³-hybridized carbons (Fsp3) is 0.148. The number of amides is 3. The molecule has 1 N–H and O–H groups in total. The van der Waals surface area contributed by atoms with Crippen LogP contribution < -0.4 is 14.8 Å². The summed E-state index contributed by atoms with van der Waals surface area (Å²) < 4.78 is 12.3. The van der Waals surface area contributed by atoms with Crippen LogP contribution in [0, 0.1) is 3.57 Å². The molecule has 37 heavy (non-hydrogen) atoms. The quantitative estimate of drug-likeness (QED) is 0.208. The summed E-state index contributed by atoms with van der Waals surface area (Å²) in [6.07, 6.45) is 1.66. The van der Waals surface area contributed by atoms with Crippen molar-refractivity contribution in [3.05, 3.63) is 91.4 Å². The Kier molecular flexibility index (Phi) is 9.12. The van der Waals surface area contributed by atoms with Gasteiger partial charge >= 0.3 is 0 Å². The number of anilines is 1. The van der Waals surface area contributed by atoms with Crippen molar-refractivity contribution in [2.24, 2.45) is 0 Å². The van der Waals surface area contributed by atoms with Gasteiger partial charge in [0.25, 0.3) is 17.1 Å². The molecule has 1 heterocycles. The number of thioether (sulfide) groups is 1. The van der Waals surface area contributed by atoms with E-state index in [4.69, 9.17) is 21.1 Å². The van der Waals surface area contributed by atoms with Gasteiger partial charge in [0, 0.05) is 10.7 Å². The molecule has 0 aliphatic carbocycles. The second kappa shape index (κ2) is 12.5. The summed E-state index contributed by atoms with van der Waals surface area (Å²) in [5, 5.41) is 3.02. The van der Waals surface area contributed by atoms with Gasteiger partial charge in [0.2, 0.25) is 0 Å². The molecule has 190 valence electrons. The van der Waals surface area contributed by atoms with Crippen molar-refractivity contribution in [1.29, 1.82) is 0 Å². The Morgan fingerprint density at radius 2 is 1.81 bits per heavy atom. The number of nitrogens with zero attached hydrogens (tertiary/aromatic N) is 1. The van der Waals surface area contributed by atoms with Crippen molar-refractivity contribution < 1.29 is 23.9 Å². The average Bonchev–Trinajstić information content (AvgIpc) is 3.13. The number of imide groups is 1. The monoisotopic (exact) mass is 648 g/mol. The van der Waals surface area contributed by atoms with E-state index < -0.39 is 0 Å². The molecule has 0 unspecified atom stereocenters. The molecule has 0 atom stereocenters. The molecule has 7 nitrogen and oxygen atoms in total. The lowest BCUT2D eigenvalue weighted by Crippen LogP contribution is -2.27. The fourth-order valence-electron chi connectivity index (χ4n) is 3.49. The normalized spacial score (nSPS) is 14.2. The third kappa shape index (κ3) is 7.06. The van der Waals surface area contributed by atoms with Gasteiger partial charge in [-0.15, -0.1) is 0 Å². The van der Waals surface area contributed by atoms with Gasteiger partial charge in [-0.1, -0.05) is 41.9 Å². The topological polar surface area (TPSA) is 84.9 Å². The first-order valence-electron chi connectivity index (χ1n) is 11.3. The molecule has 3 aromatic carbocycles. The summed E-state index contributed by atoms with van der Waals surface area (Å²) in [6, 6.07) is 19.6. The Bertz CT molecular complexity index is 1350. The second-order valence-electron chi connectivity index (χ2n) is 7.86. The van der Waals surface area contributed by atoms with Gasteiger partial charge in [-0.3, -0.25) is 19.3 Å². The van der Waals surface area contributed by atoms with Crippen molar-refractivity contribution >= 4 is 74.8 Å². The smallest absolute Gasteiger partial charge is 0.293 e. The van der Waals surface area contributed by atoms with Gasteiger partial charge < -0.3 is 14.8 Å². The molecule has 3 amide bonds. The third-order valence-electron chi connectivity index (χ3n) is 5.16. The number of para-hydroxylation sites is 1. The maximum absolute atomic E-state index is 13.0. The molecule has 10 heteroatoms. The SMILES string of the molecule is CCOc1cc(/C=C2\SC(=O)N(Cc3ccc(Cl)cc3)C2=O)cc(I)c1OCC(=O)Nc1ccccc1. The predicted octanol–water partition coefficient (Wildman–Crippen LogP) is 6.60. The van der Waals surface area contributed by atoms with Gasteiger partial charge in [0.1, 0.15) is 0 Å². The van der Waals surface area contributed by atoms with Crippen LogP contribution in [0.1, 0.15) is 18.1 Å². The lowest BCUT2D eigenvalue weighted by molar-refractivity contribution is -0.123. The Hall–Kier alpha value is -3.02. The Morgan fingerprint density at radius 1 is 1.08 bits per heavy atom. The molecule has 0 aromatic heterocycles. The van der Waals surface area contributed by atoms with Gasteiger partial charge in [0.15, 0.2) is 18.1 Å². The molecule has 3 aromatic rings. The molecule has 0 saturated carbocycles. The summed E-state index contributed by atoms with van der Waals surface area (Å²) in [6.45, 7) is 2.18. The number of hydrogen-bond acceptors (Lipinski definition) is 6. The van der Waals surface area contributed by atoms with E-state index in [0.717, 1.165) is 17.3 Å². The van der Waals surface area contributed by atoms with Crippen LogP contribution in [0.25, 0.3) is 6.08 Å². The zero-order valence-electron chi connectivity index (χ0n) is 19.7. The van der Waals surface area contributed by atoms with E-state index in [2.05, 4.69) is 27.9 Å². The summed E-state index contributed by atoms with van der Waals surface area (Å²) in [4.78, 5) is 39.4. The van der Waals surface area contributed by atoms with Gasteiger partial charge in [-0.2, -0.15) is 0 Å². The van der Waals surface area contributed by atoms with Crippen LogP contribution in [0.5, 0.6) is 11.5 Å². The average molecular weight is 649 g/mol. The van der Waals surface area contributed by atoms with Gasteiger partial charge in [-0.05, 0) is 94.9 Å². The Balaban J connectivity index is 1.49. The van der Waals surface area contributed by atoms with Crippen LogP contribution in [0.2, 0.25) is 5.02 Å². The summed E-state index contributed by atoms with van der Waals surface area (Å²) in [5.41, 5.74) is 2.15. The van der Waals surface area contributed by atoms with Crippen LogP contribution in [0.15, 0.2) is 71.6 Å². The van der Waals surface area contributed by atoms with Crippen LogP contribution in [0.3, 0.4) is 0 Å². The van der Waals surface area contributed by atoms with Crippen molar-refractivity contribution in [3.63, 3.8) is 0 Å². The van der Waals surface area contributed by atoms with E-state index in [0.29, 0.717) is 42.9 Å². The van der Waals surface area contributed by atoms with E-state index >= 15 is 0 Å². The lowest BCUT2D eigenvalue weighted by atomic mass is 10.1. The molecule has 1 aliphatic rings. The molecule has 0 spiro atoms. The zero-order chi connectivity index (χ0) is 26.4. The molecule has 1 aliphatic heterocycles. The number of rotatable bonds is 9. The maximum atomic E-state index is 13.0. The van der Waals surface area contributed by atoms with E-state index in [-0.39, 0.29) is 30.2 Å². The van der Waals surface area contributed by atoms with E-state index in [1.54, 1.807) is 54.6 Å². The minimum Gasteiger partial charge on any atom is -0.490 e. The third-order valence-corrected chi connectivity index (χ3v) is 7.12.